The predicted octanol–water partition coefficient (Wildman–Crippen LogP) is 5.33. The smallest absolute Gasteiger partial charge is 0.390 e. The molecule has 1 saturated heterocycles. The summed E-state index contributed by atoms with van der Waals surface area (Å²) in [6.45, 7) is 8.14. The number of carbonyl (C=O) groups is 2. The number of halogens is 3. The van der Waals surface area contributed by atoms with Crippen molar-refractivity contribution in [3.8, 4) is 16.9 Å². The van der Waals surface area contributed by atoms with Gasteiger partial charge in [0.1, 0.15) is 5.75 Å². The Balaban J connectivity index is 1.41. The van der Waals surface area contributed by atoms with Gasteiger partial charge in [0, 0.05) is 43.0 Å². The van der Waals surface area contributed by atoms with Crippen LogP contribution in [0.3, 0.4) is 0 Å². The fraction of sp³-hybridized carbons (Fsp3) is 0.355. The van der Waals surface area contributed by atoms with E-state index >= 15 is 0 Å². The monoisotopic (exact) mass is 617 g/mol. The standard InChI is InChI=1S/C31H34F3N3O5S/c1-30(2,3)25-18-23(22-5-4-6-27(38)20-22)17-24(19-25)29(40)37-14-12-36(13-15-37)26-9-7-21(8-10-26)28(39)35-43(41,42)16-11-31(32,33)34/h4-10,17-20,38H,11-16H2,1-3H3,(H,35,39). The number of alkyl halides is 3. The normalized spacial score (nSPS) is 14.5. The quantitative estimate of drug-likeness (QED) is 0.371. The van der Waals surface area contributed by atoms with E-state index in [1.165, 1.54) is 12.1 Å². The number of rotatable bonds is 7. The number of piperazine rings is 1. The number of benzene rings is 3. The van der Waals surface area contributed by atoms with Crippen LogP contribution in [0.5, 0.6) is 5.75 Å². The van der Waals surface area contributed by atoms with Crippen LogP contribution in [0, 0.1) is 0 Å². The lowest BCUT2D eigenvalue weighted by Crippen LogP contribution is -2.48. The van der Waals surface area contributed by atoms with Crippen molar-refractivity contribution < 1.29 is 36.3 Å². The molecule has 4 rings (SSSR count). The third-order valence-electron chi connectivity index (χ3n) is 7.19. The summed E-state index contributed by atoms with van der Waals surface area (Å²) in [5, 5.41) is 9.98. The number of phenols is 1. The Hall–Kier alpha value is -4.06. The second-order valence-corrected chi connectivity index (χ2v) is 13.4. The molecule has 230 valence electrons. The molecule has 1 aliphatic rings. The minimum Gasteiger partial charge on any atom is -0.508 e. The van der Waals surface area contributed by atoms with Crippen LogP contribution >= 0.6 is 0 Å². The maximum Gasteiger partial charge on any atom is 0.390 e. The predicted molar refractivity (Wildman–Crippen MR) is 159 cm³/mol. The number of nitrogens with one attached hydrogen (secondary N) is 1. The Bertz CT molecular complexity index is 1590. The van der Waals surface area contributed by atoms with Crippen LogP contribution in [-0.2, 0) is 15.4 Å². The van der Waals surface area contributed by atoms with E-state index in [0.717, 1.165) is 22.4 Å². The maximum atomic E-state index is 13.6. The van der Waals surface area contributed by atoms with Crippen molar-refractivity contribution in [3.05, 3.63) is 83.4 Å². The summed E-state index contributed by atoms with van der Waals surface area (Å²) in [5.74, 6) is -2.21. The minimum absolute atomic E-state index is 0.00517. The molecule has 12 heteroatoms. The third kappa shape index (κ3) is 8.50. The van der Waals surface area contributed by atoms with Gasteiger partial charge in [0.05, 0.1) is 12.2 Å². The number of nitrogens with zero attached hydrogens (tertiary/aromatic N) is 2. The summed E-state index contributed by atoms with van der Waals surface area (Å²) in [7, 11) is -4.44. The Morgan fingerprint density at radius 2 is 1.51 bits per heavy atom. The molecular weight excluding hydrogens is 583 g/mol. The van der Waals surface area contributed by atoms with E-state index in [-0.39, 0.29) is 22.6 Å². The van der Waals surface area contributed by atoms with Crippen molar-refractivity contribution in [1.29, 1.82) is 0 Å². The zero-order valence-corrected chi connectivity index (χ0v) is 24.9. The first-order chi connectivity index (χ1) is 20.0. The molecule has 1 heterocycles. The molecule has 0 saturated carbocycles. The highest BCUT2D eigenvalue weighted by Crippen LogP contribution is 2.31. The Labute approximate surface area is 249 Å². The topological polar surface area (TPSA) is 107 Å². The summed E-state index contributed by atoms with van der Waals surface area (Å²) < 4.78 is 62.5. The first-order valence-electron chi connectivity index (χ1n) is 13.7. The van der Waals surface area contributed by atoms with Crippen molar-refractivity contribution in [3.63, 3.8) is 0 Å². The van der Waals surface area contributed by atoms with Crippen LogP contribution < -0.4 is 9.62 Å². The number of aromatic hydroxyl groups is 1. The lowest BCUT2D eigenvalue weighted by molar-refractivity contribution is -0.130. The highest BCUT2D eigenvalue weighted by Gasteiger charge is 2.31. The van der Waals surface area contributed by atoms with Crippen LogP contribution in [-0.4, -0.2) is 68.3 Å². The summed E-state index contributed by atoms with van der Waals surface area (Å²) >= 11 is 0. The summed E-state index contributed by atoms with van der Waals surface area (Å²) in [5.41, 5.74) is 3.73. The van der Waals surface area contributed by atoms with Crippen LogP contribution in [0.25, 0.3) is 11.1 Å². The maximum absolute atomic E-state index is 13.6. The van der Waals surface area contributed by atoms with Gasteiger partial charge in [0.15, 0.2) is 0 Å². The van der Waals surface area contributed by atoms with E-state index < -0.39 is 34.3 Å². The summed E-state index contributed by atoms with van der Waals surface area (Å²) in [4.78, 5) is 29.7. The van der Waals surface area contributed by atoms with E-state index in [1.54, 1.807) is 40.0 Å². The number of sulfonamides is 1. The molecule has 0 aliphatic carbocycles. The van der Waals surface area contributed by atoms with Gasteiger partial charge in [-0.3, -0.25) is 9.59 Å². The van der Waals surface area contributed by atoms with Gasteiger partial charge in [-0.05, 0) is 70.6 Å². The van der Waals surface area contributed by atoms with E-state index in [9.17, 15) is 36.3 Å². The first-order valence-corrected chi connectivity index (χ1v) is 15.4. The zero-order valence-electron chi connectivity index (χ0n) is 24.1. The number of carbonyl (C=O) groups excluding carboxylic acids is 2. The Morgan fingerprint density at radius 1 is 0.860 bits per heavy atom. The summed E-state index contributed by atoms with van der Waals surface area (Å²) in [6, 6.07) is 18.8. The molecule has 3 aromatic carbocycles. The second kappa shape index (κ2) is 12.3. The second-order valence-electron chi connectivity index (χ2n) is 11.5. The van der Waals surface area contributed by atoms with Gasteiger partial charge in [-0.1, -0.05) is 39.0 Å². The lowest BCUT2D eigenvalue weighted by Gasteiger charge is -2.36. The van der Waals surface area contributed by atoms with Crippen LogP contribution in [0.15, 0.2) is 66.7 Å². The molecule has 1 fully saturated rings. The van der Waals surface area contributed by atoms with Crippen LogP contribution in [0.1, 0.15) is 53.5 Å². The van der Waals surface area contributed by atoms with Crippen molar-refractivity contribution in [2.24, 2.45) is 0 Å². The number of amides is 2. The van der Waals surface area contributed by atoms with Crippen molar-refractivity contribution in [2.75, 3.05) is 36.8 Å². The SMILES string of the molecule is CC(C)(C)c1cc(C(=O)N2CCN(c3ccc(C(=O)NS(=O)(=O)CCC(F)(F)F)cc3)CC2)cc(-c2cccc(O)c2)c1. The molecule has 8 nitrogen and oxygen atoms in total. The molecule has 0 bridgehead atoms. The molecule has 1 aliphatic heterocycles. The molecule has 0 unspecified atom stereocenters. The van der Waals surface area contributed by atoms with Gasteiger partial charge >= 0.3 is 6.18 Å². The van der Waals surface area contributed by atoms with E-state index in [1.807, 2.05) is 29.2 Å². The number of anilines is 1. The van der Waals surface area contributed by atoms with Crippen LogP contribution in [0.2, 0.25) is 0 Å². The molecule has 0 aromatic heterocycles. The average molecular weight is 618 g/mol. The molecule has 0 atom stereocenters. The molecular formula is C31H34F3N3O5S. The highest BCUT2D eigenvalue weighted by atomic mass is 32.2. The highest BCUT2D eigenvalue weighted by molar-refractivity contribution is 7.90. The summed E-state index contributed by atoms with van der Waals surface area (Å²) in [6.07, 6.45) is -6.20. The number of hydrogen-bond acceptors (Lipinski definition) is 6. The third-order valence-corrected chi connectivity index (χ3v) is 8.43. The lowest BCUT2D eigenvalue weighted by atomic mass is 9.84. The molecule has 43 heavy (non-hydrogen) atoms. The fourth-order valence-electron chi connectivity index (χ4n) is 4.71. The van der Waals surface area contributed by atoms with E-state index in [4.69, 9.17) is 0 Å². The van der Waals surface area contributed by atoms with E-state index in [2.05, 4.69) is 20.8 Å². The molecule has 0 spiro atoms. The van der Waals surface area contributed by atoms with Gasteiger partial charge in [0.2, 0.25) is 10.0 Å². The fourth-order valence-corrected chi connectivity index (χ4v) is 5.71. The number of phenolic OH excluding ortho intramolecular Hbond substituents is 1. The molecule has 0 radical (unpaired) electrons. The Kier molecular flexibility index (Phi) is 9.10. The van der Waals surface area contributed by atoms with Crippen molar-refractivity contribution in [2.45, 2.75) is 38.8 Å². The molecule has 2 N–H and O–H groups in total. The first kappa shape index (κ1) is 31.9. The number of hydrogen-bond donors (Lipinski definition) is 2. The van der Waals surface area contributed by atoms with Gasteiger partial charge in [-0.2, -0.15) is 13.2 Å². The van der Waals surface area contributed by atoms with E-state index in [0.29, 0.717) is 31.7 Å². The Morgan fingerprint density at radius 3 is 2.09 bits per heavy atom. The van der Waals surface area contributed by atoms with Gasteiger partial charge in [-0.15, -0.1) is 0 Å². The van der Waals surface area contributed by atoms with Gasteiger partial charge in [-0.25, -0.2) is 13.1 Å². The van der Waals surface area contributed by atoms with Crippen molar-refractivity contribution in [1.82, 2.24) is 9.62 Å². The van der Waals surface area contributed by atoms with Gasteiger partial charge < -0.3 is 14.9 Å². The molecule has 3 aromatic rings. The van der Waals surface area contributed by atoms with Gasteiger partial charge in [0.25, 0.3) is 11.8 Å². The molecule has 2 amide bonds. The average Bonchev–Trinajstić information content (AvgIpc) is 2.95. The minimum atomic E-state index is -4.65. The van der Waals surface area contributed by atoms with Crippen molar-refractivity contribution >= 4 is 27.5 Å². The largest absolute Gasteiger partial charge is 0.508 e. The van der Waals surface area contributed by atoms with Crippen LogP contribution in [0.4, 0.5) is 18.9 Å². The zero-order chi connectivity index (χ0) is 31.6.